The maximum absolute atomic E-state index is 12.9. The van der Waals surface area contributed by atoms with Crippen molar-refractivity contribution in [3.05, 3.63) is 81.7 Å². The third-order valence-corrected chi connectivity index (χ3v) is 6.51. The van der Waals surface area contributed by atoms with Crippen molar-refractivity contribution in [2.75, 3.05) is 0 Å². The van der Waals surface area contributed by atoms with Crippen molar-refractivity contribution in [3.63, 3.8) is 0 Å². The van der Waals surface area contributed by atoms with Crippen LogP contribution in [0.3, 0.4) is 0 Å². The van der Waals surface area contributed by atoms with Gasteiger partial charge in [-0.1, -0.05) is 31.9 Å². The van der Waals surface area contributed by atoms with Crippen molar-refractivity contribution in [3.8, 4) is 0 Å². The van der Waals surface area contributed by atoms with Crippen LogP contribution in [0.15, 0.2) is 53.6 Å². The number of tetrazole rings is 1. The van der Waals surface area contributed by atoms with Crippen LogP contribution in [0.4, 0.5) is 0 Å². The molecule has 0 bridgehead atoms. The maximum Gasteiger partial charge on any atom is 0.252 e. The summed E-state index contributed by atoms with van der Waals surface area (Å²) in [4.78, 5) is 22.4. The molecule has 0 aliphatic heterocycles. The van der Waals surface area contributed by atoms with Gasteiger partial charge in [0, 0.05) is 36.6 Å². The lowest BCUT2D eigenvalue weighted by Gasteiger charge is -2.22. The van der Waals surface area contributed by atoms with E-state index in [1.54, 1.807) is 6.20 Å². The zero-order valence-electron chi connectivity index (χ0n) is 18.9. The zero-order chi connectivity index (χ0) is 22.6. The maximum atomic E-state index is 12.9. The number of H-pyrrole nitrogens is 1. The van der Waals surface area contributed by atoms with E-state index in [9.17, 15) is 4.79 Å². The van der Waals surface area contributed by atoms with Gasteiger partial charge in [-0.25, -0.2) is 4.68 Å². The molecule has 3 heterocycles. The fraction of sp³-hybridized carbons (Fsp3) is 0.400. The van der Waals surface area contributed by atoms with E-state index in [1.807, 2.05) is 29.1 Å². The molecule has 8 nitrogen and oxygen atoms in total. The fourth-order valence-electron chi connectivity index (χ4n) is 4.75. The van der Waals surface area contributed by atoms with Crippen molar-refractivity contribution < 1.29 is 0 Å². The lowest BCUT2D eigenvalue weighted by atomic mass is 10.1. The van der Waals surface area contributed by atoms with Gasteiger partial charge in [0.25, 0.3) is 5.56 Å². The number of pyridine rings is 2. The number of aromatic nitrogens is 6. The number of hydrogen-bond acceptors (Lipinski definition) is 6. The quantitative estimate of drug-likeness (QED) is 0.445. The van der Waals surface area contributed by atoms with Crippen molar-refractivity contribution in [2.45, 2.75) is 64.7 Å². The van der Waals surface area contributed by atoms with Crippen LogP contribution in [0.5, 0.6) is 0 Å². The van der Waals surface area contributed by atoms with Crippen LogP contribution in [-0.2, 0) is 26.1 Å². The Hall–Kier alpha value is -3.39. The second kappa shape index (κ2) is 9.62. The summed E-state index contributed by atoms with van der Waals surface area (Å²) in [5, 5.41) is 13.7. The number of aryl methyl sites for hydroxylation is 1. The van der Waals surface area contributed by atoms with Gasteiger partial charge in [-0.05, 0) is 70.5 Å². The van der Waals surface area contributed by atoms with Crippen molar-refractivity contribution in [2.24, 2.45) is 0 Å². The average Bonchev–Trinajstić information content (AvgIpc) is 3.52. The van der Waals surface area contributed by atoms with E-state index >= 15 is 0 Å². The van der Waals surface area contributed by atoms with Crippen LogP contribution >= 0.6 is 0 Å². The minimum atomic E-state index is -0.0571. The number of nitrogens with zero attached hydrogens (tertiary/aromatic N) is 6. The highest BCUT2D eigenvalue weighted by Gasteiger charge is 2.23. The van der Waals surface area contributed by atoms with E-state index < -0.39 is 0 Å². The standard InChI is InChI=1S/C25H29N7O/c1-2-18-9-10-23-20(12-18)13-21(25(33)27-23)16-31(15-19-6-5-11-26-14-19)17-24-28-29-30-32(24)22-7-3-4-8-22/h5-6,9-14,22H,2-4,7-8,15-17H2,1H3,(H,27,33). The molecule has 0 saturated heterocycles. The topological polar surface area (TPSA) is 92.6 Å². The lowest BCUT2D eigenvalue weighted by Crippen LogP contribution is -2.28. The van der Waals surface area contributed by atoms with Crippen LogP contribution < -0.4 is 5.56 Å². The third kappa shape index (κ3) is 4.85. The number of nitrogens with one attached hydrogen (secondary N) is 1. The first-order valence-corrected chi connectivity index (χ1v) is 11.7. The molecule has 3 aromatic heterocycles. The van der Waals surface area contributed by atoms with Gasteiger partial charge in [-0.3, -0.25) is 14.7 Å². The highest BCUT2D eigenvalue weighted by atomic mass is 16.1. The number of rotatable bonds is 8. The second-order valence-corrected chi connectivity index (χ2v) is 8.88. The highest BCUT2D eigenvalue weighted by molar-refractivity contribution is 5.79. The van der Waals surface area contributed by atoms with Crippen LogP contribution in [0, 0.1) is 0 Å². The molecular formula is C25H29N7O. The molecule has 1 fully saturated rings. The molecule has 0 radical (unpaired) electrons. The van der Waals surface area contributed by atoms with E-state index in [0.717, 1.165) is 47.1 Å². The Balaban J connectivity index is 1.45. The summed E-state index contributed by atoms with van der Waals surface area (Å²) < 4.78 is 1.99. The van der Waals surface area contributed by atoms with Gasteiger partial charge in [0.1, 0.15) is 0 Å². The molecule has 0 amide bonds. The molecule has 0 unspecified atom stereocenters. The second-order valence-electron chi connectivity index (χ2n) is 8.88. The van der Waals surface area contributed by atoms with Gasteiger partial charge in [0.15, 0.2) is 5.82 Å². The van der Waals surface area contributed by atoms with Crippen LogP contribution in [0.1, 0.15) is 61.2 Å². The van der Waals surface area contributed by atoms with Crippen LogP contribution in [0.25, 0.3) is 10.9 Å². The van der Waals surface area contributed by atoms with E-state index in [4.69, 9.17) is 0 Å². The minimum absolute atomic E-state index is 0.0571. The Morgan fingerprint density at radius 1 is 1.09 bits per heavy atom. The first-order chi connectivity index (χ1) is 16.2. The molecule has 1 aromatic carbocycles. The van der Waals surface area contributed by atoms with Crippen LogP contribution in [-0.4, -0.2) is 35.1 Å². The van der Waals surface area contributed by atoms with Gasteiger partial charge < -0.3 is 4.98 Å². The normalized spacial score (nSPS) is 14.5. The number of hydrogen-bond donors (Lipinski definition) is 1. The van der Waals surface area contributed by atoms with Gasteiger partial charge in [0.2, 0.25) is 0 Å². The molecule has 33 heavy (non-hydrogen) atoms. The van der Waals surface area contributed by atoms with E-state index in [1.165, 1.54) is 18.4 Å². The van der Waals surface area contributed by atoms with Gasteiger partial charge >= 0.3 is 0 Å². The molecule has 5 rings (SSSR count). The summed E-state index contributed by atoms with van der Waals surface area (Å²) in [6.45, 7) is 3.84. The molecule has 0 atom stereocenters. The molecule has 170 valence electrons. The fourth-order valence-corrected chi connectivity index (χ4v) is 4.75. The van der Waals surface area contributed by atoms with Gasteiger partial charge in [0.05, 0.1) is 12.6 Å². The first kappa shape index (κ1) is 21.5. The highest BCUT2D eigenvalue weighted by Crippen LogP contribution is 2.29. The number of benzene rings is 1. The smallest absolute Gasteiger partial charge is 0.252 e. The number of fused-ring (bicyclic) bond motifs is 1. The first-order valence-electron chi connectivity index (χ1n) is 11.7. The summed E-state index contributed by atoms with van der Waals surface area (Å²) in [7, 11) is 0. The summed E-state index contributed by atoms with van der Waals surface area (Å²) in [6, 6.07) is 12.6. The largest absolute Gasteiger partial charge is 0.322 e. The monoisotopic (exact) mass is 443 g/mol. The third-order valence-electron chi connectivity index (χ3n) is 6.51. The Labute approximate surface area is 192 Å². The molecule has 1 N–H and O–H groups in total. The number of aromatic amines is 1. The van der Waals surface area contributed by atoms with Gasteiger partial charge in [-0.2, -0.15) is 0 Å². The van der Waals surface area contributed by atoms with Crippen molar-refractivity contribution in [1.82, 2.24) is 35.1 Å². The van der Waals surface area contributed by atoms with Crippen molar-refractivity contribution in [1.29, 1.82) is 0 Å². The molecule has 1 aliphatic carbocycles. The van der Waals surface area contributed by atoms with E-state index in [-0.39, 0.29) is 5.56 Å². The summed E-state index contributed by atoms with van der Waals surface area (Å²) in [6.07, 6.45) is 9.26. The lowest BCUT2D eigenvalue weighted by molar-refractivity contribution is 0.231. The molecule has 1 aliphatic rings. The SMILES string of the molecule is CCc1ccc2[nH]c(=O)c(CN(Cc3cccnc3)Cc3nnnn3C3CCCC3)cc2c1. The molecular weight excluding hydrogens is 414 g/mol. The Kier molecular flexibility index (Phi) is 6.26. The Morgan fingerprint density at radius 3 is 2.76 bits per heavy atom. The minimum Gasteiger partial charge on any atom is -0.322 e. The Morgan fingerprint density at radius 2 is 1.97 bits per heavy atom. The summed E-state index contributed by atoms with van der Waals surface area (Å²) in [5.41, 5.74) is 3.88. The summed E-state index contributed by atoms with van der Waals surface area (Å²) >= 11 is 0. The average molecular weight is 444 g/mol. The van der Waals surface area contributed by atoms with Gasteiger partial charge in [-0.15, -0.1) is 5.10 Å². The zero-order valence-corrected chi connectivity index (χ0v) is 18.9. The van der Waals surface area contributed by atoms with Crippen LogP contribution in [0.2, 0.25) is 0 Å². The molecule has 8 heteroatoms. The van der Waals surface area contributed by atoms with E-state index in [0.29, 0.717) is 25.7 Å². The molecule has 4 aromatic rings. The summed E-state index contributed by atoms with van der Waals surface area (Å²) in [5.74, 6) is 0.844. The van der Waals surface area contributed by atoms with Crippen molar-refractivity contribution >= 4 is 10.9 Å². The predicted octanol–water partition coefficient (Wildman–Crippen LogP) is 3.79. The van der Waals surface area contributed by atoms with E-state index in [2.05, 4.69) is 55.5 Å². The predicted molar refractivity (Wildman–Crippen MR) is 126 cm³/mol. The Bertz CT molecular complexity index is 1270. The molecule has 0 spiro atoms. The molecule has 1 saturated carbocycles.